The van der Waals surface area contributed by atoms with Crippen molar-refractivity contribution in [3.05, 3.63) is 101 Å². The van der Waals surface area contributed by atoms with Crippen molar-refractivity contribution in [1.29, 1.82) is 0 Å². The summed E-state index contributed by atoms with van der Waals surface area (Å²) in [6, 6.07) is 25.4. The SMILES string of the molecule is Cc1ccc(O)c([C@H](CC(=O)N(C)Cc2ccccc2)c2ccccc2)c1. The van der Waals surface area contributed by atoms with Crippen LogP contribution in [0.5, 0.6) is 5.75 Å². The van der Waals surface area contributed by atoms with Crippen molar-refractivity contribution in [2.24, 2.45) is 0 Å². The van der Waals surface area contributed by atoms with Crippen LogP contribution in [-0.4, -0.2) is 23.0 Å². The van der Waals surface area contributed by atoms with Crippen LogP contribution in [0.1, 0.15) is 34.6 Å². The maximum Gasteiger partial charge on any atom is 0.223 e. The lowest BCUT2D eigenvalue weighted by atomic mass is 9.86. The number of phenols is 1. The predicted molar refractivity (Wildman–Crippen MR) is 109 cm³/mol. The fourth-order valence-electron chi connectivity index (χ4n) is 3.32. The molecule has 0 unspecified atom stereocenters. The molecule has 1 amide bonds. The minimum Gasteiger partial charge on any atom is -0.508 e. The van der Waals surface area contributed by atoms with Gasteiger partial charge in [0.25, 0.3) is 0 Å². The fourth-order valence-corrected chi connectivity index (χ4v) is 3.32. The average Bonchev–Trinajstić information content (AvgIpc) is 2.69. The lowest BCUT2D eigenvalue weighted by Gasteiger charge is -2.23. The molecule has 0 aliphatic rings. The van der Waals surface area contributed by atoms with Crippen LogP contribution in [0.3, 0.4) is 0 Å². The fraction of sp³-hybridized carbons (Fsp3) is 0.208. The van der Waals surface area contributed by atoms with Gasteiger partial charge in [-0.2, -0.15) is 0 Å². The molecule has 1 N–H and O–H groups in total. The summed E-state index contributed by atoms with van der Waals surface area (Å²) in [6.45, 7) is 2.56. The maximum absolute atomic E-state index is 12.9. The van der Waals surface area contributed by atoms with Crippen LogP contribution in [0.15, 0.2) is 78.9 Å². The topological polar surface area (TPSA) is 40.5 Å². The van der Waals surface area contributed by atoms with Gasteiger partial charge in [-0.25, -0.2) is 0 Å². The van der Waals surface area contributed by atoms with E-state index in [0.29, 0.717) is 13.0 Å². The quantitative estimate of drug-likeness (QED) is 0.681. The van der Waals surface area contributed by atoms with E-state index in [1.807, 2.05) is 86.8 Å². The van der Waals surface area contributed by atoms with E-state index in [2.05, 4.69) is 0 Å². The van der Waals surface area contributed by atoms with Gasteiger partial charge in [0, 0.05) is 31.5 Å². The second kappa shape index (κ2) is 8.54. The van der Waals surface area contributed by atoms with E-state index in [9.17, 15) is 9.90 Å². The van der Waals surface area contributed by atoms with Crippen molar-refractivity contribution in [3.8, 4) is 5.75 Å². The van der Waals surface area contributed by atoms with Crippen molar-refractivity contribution < 1.29 is 9.90 Å². The summed E-state index contributed by atoms with van der Waals surface area (Å²) < 4.78 is 0. The first kappa shape index (κ1) is 18.7. The van der Waals surface area contributed by atoms with Gasteiger partial charge < -0.3 is 10.0 Å². The minimum atomic E-state index is -0.183. The zero-order chi connectivity index (χ0) is 19.2. The van der Waals surface area contributed by atoms with E-state index < -0.39 is 0 Å². The monoisotopic (exact) mass is 359 g/mol. The van der Waals surface area contributed by atoms with Crippen molar-refractivity contribution in [2.75, 3.05) is 7.05 Å². The number of rotatable bonds is 6. The molecule has 3 rings (SSSR count). The van der Waals surface area contributed by atoms with Crippen molar-refractivity contribution in [2.45, 2.75) is 25.8 Å². The number of carbonyl (C=O) groups is 1. The summed E-state index contributed by atoms with van der Waals surface area (Å²) in [5, 5.41) is 10.4. The molecule has 0 bridgehead atoms. The van der Waals surface area contributed by atoms with Crippen LogP contribution in [0.2, 0.25) is 0 Å². The van der Waals surface area contributed by atoms with Gasteiger partial charge in [0.05, 0.1) is 0 Å². The van der Waals surface area contributed by atoms with Crippen LogP contribution in [0.4, 0.5) is 0 Å². The lowest BCUT2D eigenvalue weighted by Crippen LogP contribution is -2.27. The van der Waals surface area contributed by atoms with E-state index in [1.54, 1.807) is 11.0 Å². The van der Waals surface area contributed by atoms with Gasteiger partial charge in [0.1, 0.15) is 5.75 Å². The van der Waals surface area contributed by atoms with Crippen LogP contribution in [-0.2, 0) is 11.3 Å². The maximum atomic E-state index is 12.9. The third-order valence-electron chi connectivity index (χ3n) is 4.83. The number of aromatic hydroxyl groups is 1. The molecule has 3 aromatic rings. The Bertz CT molecular complexity index is 891. The average molecular weight is 359 g/mol. The normalized spacial score (nSPS) is 11.8. The molecule has 0 aliphatic carbocycles. The molecule has 0 heterocycles. The Hall–Kier alpha value is -3.07. The minimum absolute atomic E-state index is 0.0496. The van der Waals surface area contributed by atoms with Crippen LogP contribution in [0.25, 0.3) is 0 Å². The third kappa shape index (κ3) is 4.76. The Balaban J connectivity index is 1.85. The van der Waals surface area contributed by atoms with E-state index in [1.165, 1.54) is 0 Å². The highest BCUT2D eigenvalue weighted by atomic mass is 16.3. The van der Waals surface area contributed by atoms with Crippen LogP contribution >= 0.6 is 0 Å². The van der Waals surface area contributed by atoms with E-state index in [0.717, 1.165) is 22.3 Å². The number of carbonyl (C=O) groups excluding carboxylic acids is 1. The first-order chi connectivity index (χ1) is 13.0. The second-order valence-electron chi connectivity index (χ2n) is 6.97. The van der Waals surface area contributed by atoms with E-state index >= 15 is 0 Å². The highest BCUT2D eigenvalue weighted by Gasteiger charge is 2.23. The summed E-state index contributed by atoms with van der Waals surface area (Å²) in [7, 11) is 1.83. The number of hydrogen-bond acceptors (Lipinski definition) is 2. The second-order valence-corrected chi connectivity index (χ2v) is 6.97. The van der Waals surface area contributed by atoms with E-state index in [4.69, 9.17) is 0 Å². The van der Waals surface area contributed by atoms with Crippen molar-refractivity contribution in [1.82, 2.24) is 4.90 Å². The highest BCUT2D eigenvalue weighted by Crippen LogP contribution is 2.35. The molecule has 3 nitrogen and oxygen atoms in total. The van der Waals surface area contributed by atoms with Gasteiger partial charge in [-0.1, -0.05) is 78.4 Å². The predicted octanol–water partition coefficient (Wildman–Crippen LogP) is 4.88. The number of nitrogens with zero attached hydrogens (tertiary/aromatic N) is 1. The molecule has 3 heteroatoms. The van der Waals surface area contributed by atoms with Gasteiger partial charge in [-0.05, 0) is 24.1 Å². The Morgan fingerprint density at radius 3 is 2.26 bits per heavy atom. The first-order valence-corrected chi connectivity index (χ1v) is 9.17. The molecule has 0 radical (unpaired) electrons. The van der Waals surface area contributed by atoms with Crippen LogP contribution in [0, 0.1) is 6.92 Å². The van der Waals surface area contributed by atoms with Gasteiger partial charge in [0.15, 0.2) is 0 Å². The molecule has 0 saturated carbocycles. The lowest BCUT2D eigenvalue weighted by molar-refractivity contribution is -0.130. The zero-order valence-electron chi connectivity index (χ0n) is 15.8. The molecular formula is C24H25NO2. The largest absolute Gasteiger partial charge is 0.508 e. The molecular weight excluding hydrogens is 334 g/mol. The molecule has 3 aromatic carbocycles. The van der Waals surface area contributed by atoms with Gasteiger partial charge in [-0.3, -0.25) is 4.79 Å². The molecule has 27 heavy (non-hydrogen) atoms. The summed E-state index contributed by atoms with van der Waals surface area (Å²) in [5.74, 6) is 0.0957. The molecule has 0 aromatic heterocycles. The first-order valence-electron chi connectivity index (χ1n) is 9.17. The molecule has 0 fully saturated rings. The number of benzene rings is 3. The Morgan fingerprint density at radius 1 is 0.963 bits per heavy atom. The Labute approximate surface area is 160 Å². The number of aryl methyl sites for hydroxylation is 1. The zero-order valence-corrected chi connectivity index (χ0v) is 15.8. The Kier molecular flexibility index (Phi) is 5.92. The highest BCUT2D eigenvalue weighted by molar-refractivity contribution is 5.77. The number of amides is 1. The van der Waals surface area contributed by atoms with Crippen LogP contribution < -0.4 is 0 Å². The number of hydrogen-bond donors (Lipinski definition) is 1. The molecule has 0 spiro atoms. The van der Waals surface area contributed by atoms with Gasteiger partial charge in [0.2, 0.25) is 5.91 Å². The number of phenolic OH excluding ortho intramolecular Hbond substituents is 1. The smallest absolute Gasteiger partial charge is 0.223 e. The summed E-state index contributed by atoms with van der Waals surface area (Å²) in [6.07, 6.45) is 0.310. The molecule has 0 saturated heterocycles. The summed E-state index contributed by atoms with van der Waals surface area (Å²) >= 11 is 0. The van der Waals surface area contributed by atoms with Crippen molar-refractivity contribution >= 4 is 5.91 Å². The summed E-state index contributed by atoms with van der Waals surface area (Å²) in [5.41, 5.74) is 3.99. The van der Waals surface area contributed by atoms with Gasteiger partial charge >= 0.3 is 0 Å². The summed E-state index contributed by atoms with van der Waals surface area (Å²) in [4.78, 5) is 14.7. The molecule has 1 atom stereocenters. The third-order valence-corrected chi connectivity index (χ3v) is 4.83. The molecule has 0 aliphatic heterocycles. The Morgan fingerprint density at radius 2 is 1.59 bits per heavy atom. The molecule has 138 valence electrons. The van der Waals surface area contributed by atoms with E-state index in [-0.39, 0.29) is 17.6 Å². The van der Waals surface area contributed by atoms with Crippen molar-refractivity contribution in [3.63, 3.8) is 0 Å². The standard InChI is InChI=1S/C24H25NO2/c1-18-13-14-23(26)22(15-18)21(20-11-7-4-8-12-20)16-24(27)25(2)17-19-9-5-3-6-10-19/h3-15,21,26H,16-17H2,1-2H3/t21-/m1/s1. The van der Waals surface area contributed by atoms with Gasteiger partial charge in [-0.15, -0.1) is 0 Å².